The van der Waals surface area contributed by atoms with Crippen molar-refractivity contribution in [3.8, 4) is 0 Å². The summed E-state index contributed by atoms with van der Waals surface area (Å²) in [6.45, 7) is 3.64. The van der Waals surface area contributed by atoms with Crippen LogP contribution < -0.4 is 5.73 Å². The number of nitrogens with two attached hydrogens (primary N) is 1. The first kappa shape index (κ1) is 11.9. The largest absolute Gasteiger partial charge is 0.383 e. The van der Waals surface area contributed by atoms with E-state index in [1.807, 2.05) is 13.0 Å². The zero-order chi connectivity index (χ0) is 12.4. The lowest BCUT2D eigenvalue weighted by Crippen LogP contribution is -2.01. The Kier molecular flexibility index (Phi) is 3.28. The molecule has 0 aliphatic rings. The summed E-state index contributed by atoms with van der Waals surface area (Å²) < 4.78 is 13.1. The second-order valence-corrected chi connectivity index (χ2v) is 4.71. The third-order valence-corrected chi connectivity index (χ3v) is 3.34. The van der Waals surface area contributed by atoms with Gasteiger partial charge in [0.2, 0.25) is 0 Å². The molecule has 0 aliphatic carbocycles. The summed E-state index contributed by atoms with van der Waals surface area (Å²) in [5, 5.41) is 0.764. The molecule has 1 aromatic heterocycles. The molecule has 2 rings (SSSR count). The maximum Gasteiger partial charge on any atom is 0.131 e. The van der Waals surface area contributed by atoms with Crippen molar-refractivity contribution in [3.05, 3.63) is 41.5 Å². The van der Waals surface area contributed by atoms with E-state index in [0.717, 1.165) is 15.5 Å². The van der Waals surface area contributed by atoms with Gasteiger partial charge in [-0.2, -0.15) is 0 Å². The van der Waals surface area contributed by atoms with Crippen molar-refractivity contribution in [2.45, 2.75) is 23.8 Å². The van der Waals surface area contributed by atoms with Crippen molar-refractivity contribution >= 4 is 17.6 Å². The Balaban J connectivity index is 2.36. The summed E-state index contributed by atoms with van der Waals surface area (Å²) in [6, 6.07) is 6.39. The van der Waals surface area contributed by atoms with Gasteiger partial charge < -0.3 is 5.73 Å². The zero-order valence-corrected chi connectivity index (χ0v) is 10.4. The third-order valence-electron chi connectivity index (χ3n) is 2.26. The summed E-state index contributed by atoms with van der Waals surface area (Å²) in [7, 11) is 0. The van der Waals surface area contributed by atoms with E-state index >= 15 is 0 Å². The maximum atomic E-state index is 13.1. The quantitative estimate of drug-likeness (QED) is 0.831. The highest BCUT2D eigenvalue weighted by Gasteiger charge is 2.08. The summed E-state index contributed by atoms with van der Waals surface area (Å²) in [6.07, 6.45) is 0. The van der Waals surface area contributed by atoms with Gasteiger partial charge in [0, 0.05) is 10.5 Å². The molecule has 0 saturated heterocycles. The number of anilines is 1. The molecule has 5 heteroatoms. The second kappa shape index (κ2) is 4.71. The highest BCUT2D eigenvalue weighted by atomic mass is 32.2. The van der Waals surface area contributed by atoms with Crippen LogP contribution in [0, 0.1) is 19.7 Å². The van der Waals surface area contributed by atoms with Crippen LogP contribution in [-0.2, 0) is 0 Å². The smallest absolute Gasteiger partial charge is 0.131 e. The number of benzene rings is 1. The lowest BCUT2D eigenvalue weighted by molar-refractivity contribution is 0.624. The molecule has 1 aromatic carbocycles. The monoisotopic (exact) mass is 249 g/mol. The Morgan fingerprint density at radius 1 is 1.24 bits per heavy atom. The van der Waals surface area contributed by atoms with Gasteiger partial charge in [-0.15, -0.1) is 0 Å². The SMILES string of the molecule is Cc1nc(N)c(C)c(Sc2cccc(F)c2)n1. The van der Waals surface area contributed by atoms with Gasteiger partial charge in [0.1, 0.15) is 22.5 Å². The molecule has 0 amide bonds. The molecule has 0 aliphatic heterocycles. The van der Waals surface area contributed by atoms with E-state index in [2.05, 4.69) is 9.97 Å². The lowest BCUT2D eigenvalue weighted by Gasteiger charge is -2.07. The molecule has 17 heavy (non-hydrogen) atoms. The molecule has 0 unspecified atom stereocenters. The van der Waals surface area contributed by atoms with Crippen molar-refractivity contribution in [1.29, 1.82) is 0 Å². The van der Waals surface area contributed by atoms with Gasteiger partial charge in [-0.3, -0.25) is 0 Å². The lowest BCUT2D eigenvalue weighted by atomic mass is 10.3. The molecule has 88 valence electrons. The fourth-order valence-electron chi connectivity index (χ4n) is 1.37. The van der Waals surface area contributed by atoms with Crippen LogP contribution in [0.25, 0.3) is 0 Å². The molecule has 0 radical (unpaired) electrons. The van der Waals surface area contributed by atoms with Crippen LogP contribution in [-0.4, -0.2) is 9.97 Å². The number of hydrogen-bond acceptors (Lipinski definition) is 4. The minimum Gasteiger partial charge on any atom is -0.383 e. The molecular weight excluding hydrogens is 237 g/mol. The predicted octanol–water partition coefficient (Wildman–Crippen LogP) is 2.97. The maximum absolute atomic E-state index is 13.1. The highest BCUT2D eigenvalue weighted by molar-refractivity contribution is 7.99. The fraction of sp³-hybridized carbons (Fsp3) is 0.167. The average Bonchev–Trinajstić information content (AvgIpc) is 2.25. The van der Waals surface area contributed by atoms with Crippen molar-refractivity contribution in [1.82, 2.24) is 9.97 Å². The molecule has 2 aromatic rings. The first-order valence-corrected chi connectivity index (χ1v) is 5.92. The van der Waals surface area contributed by atoms with Gasteiger partial charge in [-0.25, -0.2) is 14.4 Å². The molecule has 0 spiro atoms. The van der Waals surface area contributed by atoms with E-state index in [4.69, 9.17) is 5.73 Å². The molecule has 0 saturated carbocycles. The van der Waals surface area contributed by atoms with Crippen LogP contribution in [0.1, 0.15) is 11.4 Å². The van der Waals surface area contributed by atoms with E-state index in [0.29, 0.717) is 11.6 Å². The van der Waals surface area contributed by atoms with Crippen LogP contribution in [0.4, 0.5) is 10.2 Å². The molecule has 3 nitrogen and oxygen atoms in total. The van der Waals surface area contributed by atoms with E-state index in [-0.39, 0.29) is 5.82 Å². The van der Waals surface area contributed by atoms with E-state index in [1.54, 1.807) is 13.0 Å². The number of nitrogens with zero attached hydrogens (tertiary/aromatic N) is 2. The second-order valence-electron chi connectivity index (χ2n) is 3.65. The van der Waals surface area contributed by atoms with E-state index in [1.165, 1.54) is 23.9 Å². The van der Waals surface area contributed by atoms with E-state index in [9.17, 15) is 4.39 Å². The minimum atomic E-state index is -0.258. The van der Waals surface area contributed by atoms with Crippen molar-refractivity contribution < 1.29 is 4.39 Å². The van der Waals surface area contributed by atoms with Crippen molar-refractivity contribution in [2.24, 2.45) is 0 Å². The van der Waals surface area contributed by atoms with Gasteiger partial charge in [0.05, 0.1) is 0 Å². The zero-order valence-electron chi connectivity index (χ0n) is 9.57. The molecule has 0 fully saturated rings. The van der Waals surface area contributed by atoms with E-state index < -0.39 is 0 Å². The number of halogens is 1. The van der Waals surface area contributed by atoms with Crippen LogP contribution in [0.2, 0.25) is 0 Å². The Hall–Kier alpha value is -1.62. The summed E-state index contributed by atoms with van der Waals surface area (Å²) in [4.78, 5) is 9.18. The fourth-order valence-corrected chi connectivity index (χ4v) is 2.34. The molecular formula is C12H12FN3S. The Morgan fingerprint density at radius 3 is 2.71 bits per heavy atom. The van der Waals surface area contributed by atoms with Crippen LogP contribution in [0.5, 0.6) is 0 Å². The number of aromatic nitrogens is 2. The number of rotatable bonds is 2. The predicted molar refractivity (Wildman–Crippen MR) is 66.4 cm³/mol. The topological polar surface area (TPSA) is 51.8 Å². The van der Waals surface area contributed by atoms with Gasteiger partial charge >= 0.3 is 0 Å². The molecule has 1 heterocycles. The minimum absolute atomic E-state index is 0.258. The number of hydrogen-bond donors (Lipinski definition) is 1. The Morgan fingerprint density at radius 2 is 2.00 bits per heavy atom. The van der Waals surface area contributed by atoms with Gasteiger partial charge in [0.15, 0.2) is 0 Å². The van der Waals surface area contributed by atoms with Crippen molar-refractivity contribution in [2.75, 3.05) is 5.73 Å². The first-order valence-electron chi connectivity index (χ1n) is 5.10. The molecule has 2 N–H and O–H groups in total. The van der Waals surface area contributed by atoms with Gasteiger partial charge in [-0.1, -0.05) is 17.8 Å². The summed E-state index contributed by atoms with van der Waals surface area (Å²) in [5.74, 6) is 0.829. The standard InChI is InChI=1S/C12H12FN3S/c1-7-11(14)15-8(2)16-12(7)17-10-5-3-4-9(13)6-10/h3-6H,1-2H3,(H2,14,15,16). The van der Waals surface area contributed by atoms with Crippen LogP contribution >= 0.6 is 11.8 Å². The third kappa shape index (κ3) is 2.74. The highest BCUT2D eigenvalue weighted by Crippen LogP contribution is 2.30. The first-order chi connectivity index (χ1) is 8.06. The van der Waals surface area contributed by atoms with Crippen LogP contribution in [0.15, 0.2) is 34.2 Å². The summed E-state index contributed by atoms with van der Waals surface area (Å²) >= 11 is 1.39. The van der Waals surface area contributed by atoms with Crippen LogP contribution in [0.3, 0.4) is 0 Å². The normalized spacial score (nSPS) is 10.5. The number of nitrogen functional groups attached to an aromatic ring is 1. The Labute approximate surface area is 103 Å². The molecule has 0 atom stereocenters. The average molecular weight is 249 g/mol. The summed E-state index contributed by atoms with van der Waals surface area (Å²) in [5.41, 5.74) is 6.59. The van der Waals surface area contributed by atoms with Gasteiger partial charge in [0.25, 0.3) is 0 Å². The number of aryl methyl sites for hydroxylation is 1. The Bertz CT molecular complexity index is 557. The van der Waals surface area contributed by atoms with Gasteiger partial charge in [-0.05, 0) is 32.0 Å². The molecule has 0 bridgehead atoms. The van der Waals surface area contributed by atoms with Crippen molar-refractivity contribution in [3.63, 3.8) is 0 Å².